The first-order chi connectivity index (χ1) is 29.6. The lowest BCUT2D eigenvalue weighted by Crippen LogP contribution is -2.25. The number of methoxy groups -OCH3 is 1. The molecule has 0 saturated carbocycles. The highest BCUT2D eigenvalue weighted by Crippen LogP contribution is 2.35. The molecule has 8 rings (SSSR count). The average molecular weight is 895 g/mol. The van der Waals surface area contributed by atoms with Crippen LogP contribution in [0.2, 0.25) is 20.1 Å². The largest absolute Gasteiger partial charge is 0.497 e. The van der Waals surface area contributed by atoms with Crippen LogP contribution >= 0.6 is 46.4 Å². The van der Waals surface area contributed by atoms with Gasteiger partial charge in [0.2, 0.25) is 0 Å². The van der Waals surface area contributed by atoms with Crippen LogP contribution in [0.15, 0.2) is 121 Å². The Kier molecular flexibility index (Phi) is 14.1. The first kappa shape index (κ1) is 43.1. The third-order valence-corrected chi connectivity index (χ3v) is 10.9. The van der Waals surface area contributed by atoms with Gasteiger partial charge in [-0.25, -0.2) is 9.97 Å². The number of rotatable bonds is 13. The molecule has 0 spiro atoms. The van der Waals surface area contributed by atoms with Crippen LogP contribution in [0.4, 0.5) is 0 Å². The van der Waals surface area contributed by atoms with Crippen molar-refractivity contribution in [3.8, 4) is 34.3 Å². The third-order valence-electron chi connectivity index (χ3n) is 9.65. The van der Waals surface area contributed by atoms with E-state index in [2.05, 4.69) is 30.6 Å². The summed E-state index contributed by atoms with van der Waals surface area (Å²) in [7, 11) is 1.64. The molecule has 2 amide bonds. The van der Waals surface area contributed by atoms with Gasteiger partial charge >= 0.3 is 0 Å². The Balaban J connectivity index is 0.000000184. The number of ether oxygens (including phenoxy) is 2. The van der Waals surface area contributed by atoms with E-state index in [4.69, 9.17) is 55.9 Å². The zero-order chi connectivity index (χ0) is 42.9. The number of hydrogen-bond donors (Lipinski definition) is 4. The molecule has 10 nitrogen and oxygen atoms in total. The van der Waals surface area contributed by atoms with Crippen molar-refractivity contribution in [1.82, 2.24) is 30.6 Å². The molecule has 0 fully saturated rings. The van der Waals surface area contributed by atoms with Crippen LogP contribution in [0.1, 0.15) is 38.8 Å². The average Bonchev–Trinajstić information content (AvgIpc) is 3.88. The van der Waals surface area contributed by atoms with Gasteiger partial charge in [-0.2, -0.15) is 0 Å². The van der Waals surface area contributed by atoms with Gasteiger partial charge in [0, 0.05) is 24.2 Å². The molecule has 0 saturated heterocycles. The van der Waals surface area contributed by atoms with Gasteiger partial charge in [0.25, 0.3) is 11.8 Å². The van der Waals surface area contributed by atoms with Crippen LogP contribution in [-0.4, -0.2) is 58.6 Å². The Bertz CT molecular complexity index is 2780. The van der Waals surface area contributed by atoms with Crippen molar-refractivity contribution in [3.05, 3.63) is 164 Å². The van der Waals surface area contributed by atoms with Crippen molar-refractivity contribution in [3.63, 3.8) is 0 Å². The van der Waals surface area contributed by atoms with Crippen LogP contribution in [0, 0.1) is 0 Å². The summed E-state index contributed by atoms with van der Waals surface area (Å²) in [5, 5.41) is 7.96. The zero-order valence-corrected chi connectivity index (χ0v) is 36.1. The molecular weight excluding hydrogens is 854 g/mol. The molecule has 14 heteroatoms. The number of benzene rings is 6. The molecule has 0 bridgehead atoms. The maximum atomic E-state index is 12.6. The number of nitrogens with one attached hydrogen (secondary N) is 4. The predicted octanol–water partition coefficient (Wildman–Crippen LogP) is 11.4. The number of imidazole rings is 2. The Morgan fingerprint density at radius 1 is 0.574 bits per heavy atom. The van der Waals surface area contributed by atoms with Crippen molar-refractivity contribution in [1.29, 1.82) is 0 Å². The van der Waals surface area contributed by atoms with E-state index in [1.807, 2.05) is 55.5 Å². The minimum Gasteiger partial charge on any atom is -0.497 e. The Hall–Kier alpha value is -6.04. The minimum absolute atomic E-state index is 0.141. The topological polar surface area (TPSA) is 134 Å². The van der Waals surface area contributed by atoms with E-state index in [1.165, 1.54) is 0 Å². The quantitative estimate of drug-likeness (QED) is 0.0911. The standard InChI is InChI=1S/C24H21Cl2N3O2.C23H19Cl2N3O2/c1-2-31-17-6-3-5-15(13-17)11-12-27-24(30)16-9-10-20-21(14-16)29-23(28-20)22-18(25)7-4-8-19(22)26;1-30-16-8-5-14(6-9-16)11-12-26-23(29)15-7-10-19-20(13-15)28-22(27-19)21-17(24)3-2-4-18(21)25/h3-10,13-14H,2,11-12H2,1H3,(H,27,30)(H,28,29);2-10,13H,11-12H2,1H3,(H,26,29)(H,27,28). The van der Waals surface area contributed by atoms with E-state index in [-0.39, 0.29) is 11.8 Å². The number of nitrogens with zero attached hydrogens (tertiary/aromatic N) is 2. The first-order valence-corrected chi connectivity index (χ1v) is 20.9. The van der Waals surface area contributed by atoms with Crippen LogP contribution in [-0.2, 0) is 12.8 Å². The van der Waals surface area contributed by atoms with E-state index >= 15 is 0 Å². The second-order valence-corrected chi connectivity index (χ2v) is 15.4. The first-order valence-electron chi connectivity index (χ1n) is 19.4. The van der Waals surface area contributed by atoms with Gasteiger partial charge in [-0.15, -0.1) is 0 Å². The lowest BCUT2D eigenvalue weighted by Gasteiger charge is -2.08. The van der Waals surface area contributed by atoms with E-state index in [1.54, 1.807) is 79.9 Å². The highest BCUT2D eigenvalue weighted by molar-refractivity contribution is 6.39. The van der Waals surface area contributed by atoms with Gasteiger partial charge in [0.15, 0.2) is 0 Å². The van der Waals surface area contributed by atoms with Gasteiger partial charge in [-0.1, -0.05) is 82.8 Å². The van der Waals surface area contributed by atoms with Crippen molar-refractivity contribution >= 4 is 80.3 Å². The number of carbonyl (C=O) groups is 2. The van der Waals surface area contributed by atoms with E-state index in [0.29, 0.717) is 80.1 Å². The number of halogens is 4. The summed E-state index contributed by atoms with van der Waals surface area (Å²) in [6, 6.07) is 37.0. The fourth-order valence-electron chi connectivity index (χ4n) is 6.58. The molecule has 61 heavy (non-hydrogen) atoms. The number of H-pyrrole nitrogens is 2. The van der Waals surface area contributed by atoms with Crippen LogP contribution < -0.4 is 20.1 Å². The molecule has 0 aliphatic heterocycles. The summed E-state index contributed by atoms with van der Waals surface area (Å²) in [5.74, 6) is 2.50. The molecule has 0 atom stereocenters. The SMILES string of the molecule is CCOc1cccc(CCNC(=O)c2ccc3nc(-c4c(Cl)cccc4Cl)[nH]c3c2)c1.COc1ccc(CCNC(=O)c2ccc3nc(-c4c(Cl)cccc4Cl)[nH]c3c2)cc1. The maximum absolute atomic E-state index is 12.6. The number of aromatic amines is 2. The molecule has 0 aliphatic rings. The molecule has 8 aromatic rings. The summed E-state index contributed by atoms with van der Waals surface area (Å²) < 4.78 is 10.7. The number of aromatic nitrogens is 4. The Morgan fingerprint density at radius 2 is 1.05 bits per heavy atom. The summed E-state index contributed by atoms with van der Waals surface area (Å²) in [6.45, 7) is 3.64. The fraction of sp³-hybridized carbons (Fsp3) is 0.149. The van der Waals surface area contributed by atoms with Gasteiger partial charge in [0.1, 0.15) is 23.1 Å². The van der Waals surface area contributed by atoms with E-state index in [9.17, 15) is 9.59 Å². The van der Waals surface area contributed by atoms with E-state index in [0.717, 1.165) is 51.1 Å². The number of fused-ring (bicyclic) bond motifs is 2. The lowest BCUT2D eigenvalue weighted by atomic mass is 10.1. The molecular formula is C47H40Cl4N6O4. The van der Waals surface area contributed by atoms with Crippen molar-refractivity contribution < 1.29 is 19.1 Å². The summed E-state index contributed by atoms with van der Waals surface area (Å²) >= 11 is 25.1. The third kappa shape index (κ3) is 10.6. The summed E-state index contributed by atoms with van der Waals surface area (Å²) in [4.78, 5) is 40.7. The number of amides is 2. The minimum atomic E-state index is -0.144. The number of carbonyl (C=O) groups excluding carboxylic acids is 2. The predicted molar refractivity (Wildman–Crippen MR) is 246 cm³/mol. The normalized spacial score (nSPS) is 10.9. The molecule has 0 aliphatic carbocycles. The molecule has 0 radical (unpaired) electrons. The Labute approximate surface area is 372 Å². The Morgan fingerprint density at radius 3 is 1.52 bits per heavy atom. The monoisotopic (exact) mass is 892 g/mol. The van der Waals surface area contributed by atoms with E-state index < -0.39 is 0 Å². The smallest absolute Gasteiger partial charge is 0.251 e. The summed E-state index contributed by atoms with van der Waals surface area (Å²) in [5.41, 5.74) is 7.56. The second-order valence-electron chi connectivity index (χ2n) is 13.8. The molecule has 2 heterocycles. The molecule has 6 aromatic carbocycles. The van der Waals surface area contributed by atoms with Gasteiger partial charge in [-0.05, 0) is 116 Å². The van der Waals surface area contributed by atoms with Gasteiger partial charge in [-0.3, -0.25) is 9.59 Å². The van der Waals surface area contributed by atoms with Crippen LogP contribution in [0.25, 0.3) is 44.8 Å². The van der Waals surface area contributed by atoms with Crippen LogP contribution in [0.3, 0.4) is 0 Å². The van der Waals surface area contributed by atoms with Gasteiger partial charge in [0.05, 0.1) is 67.0 Å². The molecule has 2 aromatic heterocycles. The summed E-state index contributed by atoms with van der Waals surface area (Å²) in [6.07, 6.45) is 1.45. The highest BCUT2D eigenvalue weighted by Gasteiger charge is 2.16. The zero-order valence-electron chi connectivity index (χ0n) is 33.1. The second kappa shape index (κ2) is 20.0. The van der Waals surface area contributed by atoms with Crippen molar-refractivity contribution in [2.75, 3.05) is 26.8 Å². The molecule has 310 valence electrons. The van der Waals surface area contributed by atoms with Crippen molar-refractivity contribution in [2.24, 2.45) is 0 Å². The van der Waals surface area contributed by atoms with Crippen LogP contribution in [0.5, 0.6) is 11.5 Å². The number of hydrogen-bond acceptors (Lipinski definition) is 6. The lowest BCUT2D eigenvalue weighted by molar-refractivity contribution is 0.0946. The highest BCUT2D eigenvalue weighted by atomic mass is 35.5. The van der Waals surface area contributed by atoms with Gasteiger partial charge < -0.3 is 30.1 Å². The molecule has 4 N–H and O–H groups in total. The van der Waals surface area contributed by atoms with Crippen molar-refractivity contribution in [2.45, 2.75) is 19.8 Å². The molecule has 0 unspecified atom stereocenters. The fourth-order valence-corrected chi connectivity index (χ4v) is 7.73. The maximum Gasteiger partial charge on any atom is 0.251 e.